The summed E-state index contributed by atoms with van der Waals surface area (Å²) in [5.74, 6) is 0.923. The molecule has 0 spiro atoms. The van der Waals surface area contributed by atoms with Crippen LogP contribution >= 0.6 is 24.0 Å². The quantitative estimate of drug-likeness (QED) is 0.226. The predicted octanol–water partition coefficient (Wildman–Crippen LogP) is 2.73. The van der Waals surface area contributed by atoms with Crippen molar-refractivity contribution in [3.05, 3.63) is 18.0 Å². The Morgan fingerprint density at radius 2 is 2.11 bits per heavy atom. The molecule has 0 radical (unpaired) electrons. The standard InChI is InChI=1S/C19H33N5O2.HI/c1-20-19(21-9-11-25-17-7-5-3-4-6-8-17)24-10-12-26-18(15-24)16-13-22-23(2)14-16;/h13-14,17-18H,3-12,15H2,1-2H3,(H,20,21);1H. The maximum absolute atomic E-state index is 6.07. The van der Waals surface area contributed by atoms with Gasteiger partial charge in [-0.3, -0.25) is 9.67 Å². The number of ether oxygens (including phenoxy) is 2. The van der Waals surface area contributed by atoms with Crippen molar-refractivity contribution in [1.82, 2.24) is 20.0 Å². The third-order valence-electron chi connectivity index (χ3n) is 5.22. The smallest absolute Gasteiger partial charge is 0.193 e. The van der Waals surface area contributed by atoms with Crippen LogP contribution in [0.2, 0.25) is 0 Å². The predicted molar refractivity (Wildman–Crippen MR) is 118 cm³/mol. The lowest BCUT2D eigenvalue weighted by Crippen LogP contribution is -2.48. The molecule has 7 nitrogen and oxygen atoms in total. The Labute approximate surface area is 179 Å². The van der Waals surface area contributed by atoms with Gasteiger partial charge in [-0.25, -0.2) is 0 Å². The Balaban J connectivity index is 0.00000261. The Hall–Kier alpha value is -0.870. The first-order chi connectivity index (χ1) is 12.8. The maximum Gasteiger partial charge on any atom is 0.193 e. The minimum atomic E-state index is 0. The second kappa shape index (κ2) is 11.9. The molecule has 1 aromatic rings. The van der Waals surface area contributed by atoms with Crippen molar-refractivity contribution in [2.75, 3.05) is 39.9 Å². The van der Waals surface area contributed by atoms with Crippen LogP contribution in [0.15, 0.2) is 17.4 Å². The van der Waals surface area contributed by atoms with Crippen LogP contribution < -0.4 is 5.32 Å². The van der Waals surface area contributed by atoms with E-state index in [2.05, 4.69) is 20.3 Å². The van der Waals surface area contributed by atoms with Crippen molar-refractivity contribution < 1.29 is 9.47 Å². The van der Waals surface area contributed by atoms with Crippen molar-refractivity contribution in [2.45, 2.75) is 50.7 Å². The summed E-state index contributed by atoms with van der Waals surface area (Å²) in [5, 5.41) is 7.70. The molecular formula is C19H34IN5O2. The van der Waals surface area contributed by atoms with Crippen LogP contribution in [0.25, 0.3) is 0 Å². The van der Waals surface area contributed by atoms with Crippen LogP contribution in [0.3, 0.4) is 0 Å². The van der Waals surface area contributed by atoms with Gasteiger partial charge in [0.25, 0.3) is 0 Å². The minimum absolute atomic E-state index is 0. The highest BCUT2D eigenvalue weighted by Gasteiger charge is 2.25. The number of nitrogens with one attached hydrogen (secondary N) is 1. The second-order valence-corrected chi connectivity index (χ2v) is 7.21. The van der Waals surface area contributed by atoms with Crippen molar-refractivity contribution in [3.63, 3.8) is 0 Å². The minimum Gasteiger partial charge on any atom is -0.376 e. The van der Waals surface area contributed by atoms with E-state index in [1.165, 1.54) is 38.5 Å². The molecule has 1 aromatic heterocycles. The number of aryl methyl sites for hydroxylation is 1. The Morgan fingerprint density at radius 3 is 2.78 bits per heavy atom. The number of guanidine groups is 1. The van der Waals surface area contributed by atoms with Crippen LogP contribution in [-0.4, -0.2) is 66.6 Å². The molecule has 2 fully saturated rings. The summed E-state index contributed by atoms with van der Waals surface area (Å²) >= 11 is 0. The molecule has 2 heterocycles. The molecular weight excluding hydrogens is 457 g/mol. The van der Waals surface area contributed by atoms with Gasteiger partial charge in [0.15, 0.2) is 5.96 Å². The zero-order valence-electron chi connectivity index (χ0n) is 16.6. The lowest BCUT2D eigenvalue weighted by molar-refractivity contribution is -0.00835. The molecule has 0 amide bonds. The molecule has 154 valence electrons. The van der Waals surface area contributed by atoms with E-state index in [4.69, 9.17) is 9.47 Å². The fraction of sp³-hybridized carbons (Fsp3) is 0.789. The van der Waals surface area contributed by atoms with Crippen LogP contribution in [0.1, 0.15) is 50.2 Å². The number of aliphatic imine (C=N–C) groups is 1. The zero-order chi connectivity index (χ0) is 18.2. The lowest BCUT2D eigenvalue weighted by Gasteiger charge is -2.34. The van der Waals surface area contributed by atoms with Crippen LogP contribution in [0, 0.1) is 0 Å². The van der Waals surface area contributed by atoms with Gasteiger partial charge >= 0.3 is 0 Å². The Bertz CT molecular complexity index is 572. The normalized spacial score (nSPS) is 22.2. The summed E-state index contributed by atoms with van der Waals surface area (Å²) in [4.78, 5) is 6.70. The number of aromatic nitrogens is 2. The van der Waals surface area contributed by atoms with Gasteiger partial charge in [-0.2, -0.15) is 5.10 Å². The maximum atomic E-state index is 6.07. The summed E-state index contributed by atoms with van der Waals surface area (Å²) in [6, 6.07) is 0. The van der Waals surface area contributed by atoms with Gasteiger partial charge in [-0.1, -0.05) is 25.7 Å². The highest BCUT2D eigenvalue weighted by atomic mass is 127. The molecule has 1 aliphatic carbocycles. The van der Waals surface area contributed by atoms with Crippen LogP contribution in [0.4, 0.5) is 0 Å². The molecule has 1 aliphatic heterocycles. The first-order valence-corrected chi connectivity index (χ1v) is 9.93. The van der Waals surface area contributed by atoms with Gasteiger partial charge in [-0.15, -0.1) is 24.0 Å². The Kier molecular flexibility index (Phi) is 9.84. The van der Waals surface area contributed by atoms with E-state index in [1.807, 2.05) is 31.2 Å². The summed E-state index contributed by atoms with van der Waals surface area (Å²) in [6.07, 6.45) is 12.1. The molecule has 0 aromatic carbocycles. The number of hydrogen-bond donors (Lipinski definition) is 1. The SMILES string of the molecule is CN=C(NCCOC1CCCCCC1)N1CCOC(c2cnn(C)c2)C1.I. The Morgan fingerprint density at radius 1 is 1.33 bits per heavy atom. The molecule has 8 heteroatoms. The van der Waals surface area contributed by atoms with Gasteiger partial charge in [0.1, 0.15) is 6.10 Å². The number of hydrogen-bond acceptors (Lipinski definition) is 4. The monoisotopic (exact) mass is 491 g/mol. The first-order valence-electron chi connectivity index (χ1n) is 9.93. The molecule has 2 aliphatic rings. The van der Waals surface area contributed by atoms with E-state index in [9.17, 15) is 0 Å². The highest BCUT2D eigenvalue weighted by Crippen LogP contribution is 2.22. The van der Waals surface area contributed by atoms with Crippen molar-refractivity contribution in [2.24, 2.45) is 12.0 Å². The topological polar surface area (TPSA) is 63.9 Å². The van der Waals surface area contributed by atoms with E-state index in [0.717, 1.165) is 37.8 Å². The number of halogens is 1. The van der Waals surface area contributed by atoms with Crippen molar-refractivity contribution in [1.29, 1.82) is 0 Å². The summed E-state index contributed by atoms with van der Waals surface area (Å²) in [6.45, 7) is 3.85. The van der Waals surface area contributed by atoms with E-state index >= 15 is 0 Å². The molecule has 27 heavy (non-hydrogen) atoms. The molecule has 1 saturated heterocycles. The van der Waals surface area contributed by atoms with Crippen LogP contribution in [-0.2, 0) is 16.5 Å². The third kappa shape index (κ3) is 6.90. The van der Waals surface area contributed by atoms with Crippen LogP contribution in [0.5, 0.6) is 0 Å². The van der Waals surface area contributed by atoms with Crippen molar-refractivity contribution >= 4 is 29.9 Å². The first kappa shape index (κ1) is 22.4. The number of rotatable bonds is 5. The lowest BCUT2D eigenvalue weighted by atomic mass is 10.1. The number of nitrogens with zero attached hydrogens (tertiary/aromatic N) is 4. The fourth-order valence-corrected chi connectivity index (χ4v) is 3.78. The highest BCUT2D eigenvalue weighted by molar-refractivity contribution is 14.0. The van der Waals surface area contributed by atoms with Crippen molar-refractivity contribution in [3.8, 4) is 0 Å². The van der Waals surface area contributed by atoms with Gasteiger partial charge in [0.05, 0.1) is 32.1 Å². The fourth-order valence-electron chi connectivity index (χ4n) is 3.78. The average molecular weight is 491 g/mol. The largest absolute Gasteiger partial charge is 0.376 e. The molecule has 1 N–H and O–H groups in total. The number of morpholine rings is 1. The zero-order valence-corrected chi connectivity index (χ0v) is 18.9. The molecule has 1 saturated carbocycles. The summed E-state index contributed by atoms with van der Waals surface area (Å²) < 4.78 is 13.8. The summed E-state index contributed by atoms with van der Waals surface area (Å²) in [5.41, 5.74) is 1.12. The molecule has 0 bridgehead atoms. The third-order valence-corrected chi connectivity index (χ3v) is 5.22. The van der Waals surface area contributed by atoms with Gasteiger partial charge in [0, 0.05) is 38.9 Å². The van der Waals surface area contributed by atoms with E-state index < -0.39 is 0 Å². The van der Waals surface area contributed by atoms with Gasteiger partial charge in [-0.05, 0) is 12.8 Å². The molecule has 1 atom stereocenters. The van der Waals surface area contributed by atoms with Gasteiger partial charge < -0.3 is 19.7 Å². The van der Waals surface area contributed by atoms with E-state index in [-0.39, 0.29) is 30.1 Å². The average Bonchev–Trinajstić information content (AvgIpc) is 2.93. The van der Waals surface area contributed by atoms with Gasteiger partial charge in [0.2, 0.25) is 0 Å². The summed E-state index contributed by atoms with van der Waals surface area (Å²) in [7, 11) is 3.77. The van der Waals surface area contributed by atoms with E-state index in [0.29, 0.717) is 12.7 Å². The van der Waals surface area contributed by atoms with E-state index in [1.54, 1.807) is 0 Å². The second-order valence-electron chi connectivity index (χ2n) is 7.21. The molecule has 1 unspecified atom stereocenters. The molecule has 3 rings (SSSR count).